The Morgan fingerprint density at radius 2 is 1.84 bits per heavy atom. The molecule has 0 spiro atoms. The summed E-state index contributed by atoms with van der Waals surface area (Å²) in [6.07, 6.45) is -0.157. The number of carboxylic acids is 1. The van der Waals surface area contributed by atoms with Gasteiger partial charge < -0.3 is 15.2 Å². The maximum atomic E-state index is 12.9. The Kier molecular flexibility index (Phi) is 4.61. The standard InChI is InChI=1S/C19H16ClNO4/c1-10-14(8-17(23)24)15-6-11(9-22)7-16(18(15)21-10)19(25)12-2-4-13(20)5-3-12/h2-7,21-22H,8-9H2,1H3,(H,23,24). The van der Waals surface area contributed by atoms with Crippen molar-refractivity contribution < 1.29 is 19.8 Å². The second-order valence-corrected chi connectivity index (χ2v) is 6.30. The molecule has 3 N–H and O–H groups in total. The first kappa shape index (κ1) is 17.2. The molecule has 3 aromatic rings. The molecule has 0 saturated heterocycles. The molecule has 0 bridgehead atoms. The number of benzene rings is 2. The number of aromatic nitrogens is 1. The third-order valence-electron chi connectivity index (χ3n) is 4.15. The van der Waals surface area contributed by atoms with Crippen molar-refractivity contribution >= 4 is 34.3 Å². The van der Waals surface area contributed by atoms with Crippen molar-refractivity contribution in [1.29, 1.82) is 0 Å². The van der Waals surface area contributed by atoms with Gasteiger partial charge in [0.2, 0.25) is 0 Å². The number of nitrogens with one attached hydrogen (secondary N) is 1. The predicted octanol–water partition coefficient (Wildman–Crippen LogP) is 3.48. The minimum absolute atomic E-state index is 0.157. The highest BCUT2D eigenvalue weighted by molar-refractivity contribution is 6.30. The van der Waals surface area contributed by atoms with Gasteiger partial charge in [0.25, 0.3) is 0 Å². The van der Waals surface area contributed by atoms with Crippen LogP contribution in [0, 0.1) is 6.92 Å². The number of rotatable bonds is 5. The Morgan fingerprint density at radius 1 is 1.16 bits per heavy atom. The van der Waals surface area contributed by atoms with E-state index in [9.17, 15) is 14.7 Å². The summed E-state index contributed by atoms with van der Waals surface area (Å²) in [5.41, 5.74) is 3.29. The predicted molar refractivity (Wildman–Crippen MR) is 95.2 cm³/mol. The van der Waals surface area contributed by atoms with E-state index in [2.05, 4.69) is 4.98 Å². The summed E-state index contributed by atoms with van der Waals surface area (Å²) in [4.78, 5) is 27.2. The number of aromatic amines is 1. The van der Waals surface area contributed by atoms with Gasteiger partial charge in [-0.25, -0.2) is 0 Å². The number of aliphatic carboxylic acids is 1. The van der Waals surface area contributed by atoms with Crippen molar-refractivity contribution in [2.24, 2.45) is 0 Å². The zero-order valence-corrected chi connectivity index (χ0v) is 14.2. The maximum Gasteiger partial charge on any atom is 0.307 e. The van der Waals surface area contributed by atoms with Crippen LogP contribution >= 0.6 is 11.6 Å². The second kappa shape index (κ2) is 6.70. The summed E-state index contributed by atoms with van der Waals surface area (Å²) >= 11 is 5.87. The van der Waals surface area contributed by atoms with E-state index >= 15 is 0 Å². The quantitative estimate of drug-likeness (QED) is 0.610. The number of carbonyl (C=O) groups is 2. The molecule has 0 unspecified atom stereocenters. The van der Waals surface area contributed by atoms with Gasteiger partial charge in [-0.3, -0.25) is 9.59 Å². The number of fused-ring (bicyclic) bond motifs is 1. The van der Waals surface area contributed by atoms with E-state index in [-0.39, 0.29) is 18.8 Å². The minimum Gasteiger partial charge on any atom is -0.481 e. The highest BCUT2D eigenvalue weighted by Gasteiger charge is 2.19. The lowest BCUT2D eigenvalue weighted by atomic mass is 9.97. The first-order valence-corrected chi connectivity index (χ1v) is 8.05. The Morgan fingerprint density at radius 3 is 2.44 bits per heavy atom. The molecule has 25 heavy (non-hydrogen) atoms. The molecule has 0 aliphatic heterocycles. The van der Waals surface area contributed by atoms with Crippen molar-refractivity contribution in [1.82, 2.24) is 4.98 Å². The lowest BCUT2D eigenvalue weighted by molar-refractivity contribution is -0.136. The molecule has 2 aromatic carbocycles. The van der Waals surface area contributed by atoms with Gasteiger partial charge in [0.1, 0.15) is 0 Å². The van der Waals surface area contributed by atoms with Crippen LogP contribution in [0.25, 0.3) is 10.9 Å². The van der Waals surface area contributed by atoms with Crippen molar-refractivity contribution in [2.45, 2.75) is 20.0 Å². The average molecular weight is 358 g/mol. The highest BCUT2D eigenvalue weighted by atomic mass is 35.5. The van der Waals surface area contributed by atoms with Crippen LogP contribution in [-0.2, 0) is 17.8 Å². The number of ketones is 1. The average Bonchev–Trinajstić information content (AvgIpc) is 2.89. The molecule has 1 aromatic heterocycles. The number of hydrogen-bond donors (Lipinski definition) is 3. The van der Waals surface area contributed by atoms with E-state index in [1.165, 1.54) is 0 Å². The fourth-order valence-electron chi connectivity index (χ4n) is 2.95. The lowest BCUT2D eigenvalue weighted by Gasteiger charge is -2.07. The van der Waals surface area contributed by atoms with E-state index in [0.29, 0.717) is 43.9 Å². The van der Waals surface area contributed by atoms with Gasteiger partial charge in [-0.05, 0) is 54.4 Å². The first-order valence-electron chi connectivity index (χ1n) is 7.67. The van der Waals surface area contributed by atoms with Crippen LogP contribution < -0.4 is 0 Å². The number of halogens is 1. The Labute approximate surface area is 148 Å². The van der Waals surface area contributed by atoms with Crippen molar-refractivity contribution in [3.05, 3.63) is 69.4 Å². The van der Waals surface area contributed by atoms with Gasteiger partial charge in [-0.15, -0.1) is 0 Å². The summed E-state index contributed by atoms with van der Waals surface area (Å²) in [7, 11) is 0. The van der Waals surface area contributed by atoms with E-state index in [1.54, 1.807) is 43.3 Å². The Balaban J connectivity index is 2.21. The van der Waals surface area contributed by atoms with Crippen LogP contribution in [0.4, 0.5) is 0 Å². The fourth-order valence-corrected chi connectivity index (χ4v) is 3.07. The summed E-state index contributed by atoms with van der Waals surface area (Å²) in [5.74, 6) is -1.18. The van der Waals surface area contributed by atoms with Crippen molar-refractivity contribution in [3.63, 3.8) is 0 Å². The number of carbonyl (C=O) groups excluding carboxylic acids is 1. The molecule has 6 heteroatoms. The van der Waals surface area contributed by atoms with Crippen LogP contribution in [0.3, 0.4) is 0 Å². The van der Waals surface area contributed by atoms with E-state index in [0.717, 1.165) is 0 Å². The molecule has 0 saturated carbocycles. The van der Waals surface area contributed by atoms with Gasteiger partial charge in [0.05, 0.1) is 18.5 Å². The fraction of sp³-hybridized carbons (Fsp3) is 0.158. The normalized spacial score (nSPS) is 11.0. The molecular weight excluding hydrogens is 342 g/mol. The van der Waals surface area contributed by atoms with Crippen LogP contribution in [0.15, 0.2) is 36.4 Å². The van der Waals surface area contributed by atoms with Gasteiger partial charge in [0, 0.05) is 27.2 Å². The van der Waals surface area contributed by atoms with Crippen LogP contribution in [0.5, 0.6) is 0 Å². The van der Waals surface area contributed by atoms with Crippen molar-refractivity contribution in [3.8, 4) is 0 Å². The molecule has 0 aliphatic carbocycles. The zero-order chi connectivity index (χ0) is 18.1. The van der Waals surface area contributed by atoms with Crippen molar-refractivity contribution in [2.75, 3.05) is 0 Å². The number of aliphatic hydroxyl groups excluding tert-OH is 1. The number of carboxylic acid groups (broad SMARTS) is 1. The van der Waals surface area contributed by atoms with Crippen LogP contribution in [0.2, 0.25) is 5.02 Å². The number of aryl methyl sites for hydroxylation is 1. The third-order valence-corrected chi connectivity index (χ3v) is 4.40. The molecule has 0 amide bonds. The number of aliphatic hydroxyl groups is 1. The Hall–Kier alpha value is -2.63. The molecule has 128 valence electrons. The molecule has 5 nitrogen and oxygen atoms in total. The first-order chi connectivity index (χ1) is 11.9. The third kappa shape index (κ3) is 3.29. The molecule has 0 atom stereocenters. The number of hydrogen-bond acceptors (Lipinski definition) is 3. The van der Waals surface area contributed by atoms with Gasteiger partial charge >= 0.3 is 5.97 Å². The Bertz CT molecular complexity index is 973. The summed E-state index contributed by atoms with van der Waals surface area (Å²) in [5, 5.41) is 19.8. The van der Waals surface area contributed by atoms with Gasteiger partial charge in [-0.2, -0.15) is 0 Å². The summed E-state index contributed by atoms with van der Waals surface area (Å²) < 4.78 is 0. The monoisotopic (exact) mass is 357 g/mol. The van der Waals surface area contributed by atoms with Crippen LogP contribution in [-0.4, -0.2) is 26.9 Å². The zero-order valence-electron chi connectivity index (χ0n) is 13.5. The molecule has 1 heterocycles. The summed E-state index contributed by atoms with van der Waals surface area (Å²) in [6, 6.07) is 9.89. The second-order valence-electron chi connectivity index (χ2n) is 5.86. The van der Waals surface area contributed by atoms with E-state index in [1.807, 2.05) is 0 Å². The maximum absolute atomic E-state index is 12.9. The topological polar surface area (TPSA) is 90.4 Å². The molecule has 3 rings (SSSR count). The molecule has 0 aliphatic rings. The van der Waals surface area contributed by atoms with Crippen LogP contribution in [0.1, 0.15) is 32.7 Å². The largest absolute Gasteiger partial charge is 0.481 e. The van der Waals surface area contributed by atoms with Gasteiger partial charge in [0.15, 0.2) is 5.78 Å². The smallest absolute Gasteiger partial charge is 0.307 e. The SMILES string of the molecule is Cc1[nH]c2c(C(=O)c3ccc(Cl)cc3)cc(CO)cc2c1CC(=O)O. The van der Waals surface area contributed by atoms with E-state index in [4.69, 9.17) is 16.7 Å². The molecular formula is C19H16ClNO4. The highest BCUT2D eigenvalue weighted by Crippen LogP contribution is 2.29. The number of H-pyrrole nitrogens is 1. The van der Waals surface area contributed by atoms with E-state index < -0.39 is 5.97 Å². The molecule has 0 fully saturated rings. The molecule has 0 radical (unpaired) electrons. The lowest BCUT2D eigenvalue weighted by Crippen LogP contribution is -2.04. The minimum atomic E-state index is -0.955. The van der Waals surface area contributed by atoms with Gasteiger partial charge in [-0.1, -0.05) is 11.6 Å². The summed E-state index contributed by atoms with van der Waals surface area (Å²) in [6.45, 7) is 1.53.